The van der Waals surface area contributed by atoms with Crippen molar-refractivity contribution in [2.45, 2.75) is 13.0 Å². The van der Waals surface area contributed by atoms with Gasteiger partial charge in [-0.05, 0) is 5.56 Å². The van der Waals surface area contributed by atoms with Crippen LogP contribution in [-0.2, 0) is 27.2 Å². The van der Waals surface area contributed by atoms with Crippen LogP contribution in [0.2, 0.25) is 0 Å². The van der Waals surface area contributed by atoms with Gasteiger partial charge in [0.15, 0.2) is 0 Å². The Morgan fingerprint density at radius 2 is 1.89 bits per heavy atom. The van der Waals surface area contributed by atoms with E-state index in [9.17, 15) is 14.4 Å². The van der Waals surface area contributed by atoms with Crippen LogP contribution in [0.25, 0.3) is 6.20 Å². The zero-order valence-electron chi connectivity index (χ0n) is 15.2. The van der Waals surface area contributed by atoms with Gasteiger partial charge in [-0.15, -0.1) is 0 Å². The largest absolute Gasteiger partial charge is 0.466 e. The molecule has 7 nitrogen and oxygen atoms in total. The molecule has 0 aliphatic carbocycles. The minimum absolute atomic E-state index is 0.185. The number of rotatable bonds is 5. The molecule has 1 aromatic carbocycles. The normalized spacial score (nSPS) is 13.6. The van der Waals surface area contributed by atoms with E-state index < -0.39 is 11.9 Å². The van der Waals surface area contributed by atoms with Crippen LogP contribution < -0.4 is 0 Å². The van der Waals surface area contributed by atoms with E-state index in [2.05, 4.69) is 4.74 Å². The number of fused-ring (bicyclic) bond motifs is 1. The van der Waals surface area contributed by atoms with Crippen molar-refractivity contribution in [3.8, 4) is 0 Å². The highest BCUT2D eigenvalue weighted by Crippen LogP contribution is 2.27. The molecule has 1 aliphatic rings. The minimum atomic E-state index is -0.591. The minimum Gasteiger partial charge on any atom is -0.466 e. The molecule has 7 heteroatoms. The number of aromatic nitrogens is 1. The summed E-state index contributed by atoms with van der Waals surface area (Å²) in [7, 11) is 2.55. The highest BCUT2D eigenvalue weighted by molar-refractivity contribution is 6.07. The van der Waals surface area contributed by atoms with Gasteiger partial charge in [0.2, 0.25) is 0 Å². The molecular weight excluding hydrogens is 348 g/mol. The first-order chi connectivity index (χ1) is 13.0. The fourth-order valence-corrected chi connectivity index (χ4v) is 3.12. The van der Waals surface area contributed by atoms with Crippen molar-refractivity contribution in [1.82, 2.24) is 9.47 Å². The predicted octanol–water partition coefficient (Wildman–Crippen LogP) is 2.12. The van der Waals surface area contributed by atoms with Gasteiger partial charge in [-0.25, -0.2) is 9.59 Å². The third-order valence-electron chi connectivity index (χ3n) is 4.45. The summed E-state index contributed by atoms with van der Waals surface area (Å²) >= 11 is 0. The van der Waals surface area contributed by atoms with Crippen molar-refractivity contribution in [3.05, 3.63) is 65.0 Å². The molecule has 2 heterocycles. The van der Waals surface area contributed by atoms with Gasteiger partial charge in [0, 0.05) is 43.7 Å². The maximum atomic E-state index is 13.1. The molecule has 2 aromatic rings. The van der Waals surface area contributed by atoms with E-state index in [1.165, 1.54) is 32.7 Å². The van der Waals surface area contributed by atoms with Crippen LogP contribution in [0.3, 0.4) is 0 Å². The summed E-state index contributed by atoms with van der Waals surface area (Å²) in [6, 6.07) is 9.66. The quantitative estimate of drug-likeness (QED) is 0.597. The highest BCUT2D eigenvalue weighted by Gasteiger charge is 2.33. The molecule has 1 aliphatic heterocycles. The Labute approximate surface area is 156 Å². The van der Waals surface area contributed by atoms with E-state index in [1.807, 2.05) is 30.3 Å². The van der Waals surface area contributed by atoms with Crippen LogP contribution in [0.1, 0.15) is 32.0 Å². The lowest BCUT2D eigenvalue weighted by atomic mass is 10.0. The van der Waals surface area contributed by atoms with Gasteiger partial charge < -0.3 is 18.9 Å². The fraction of sp³-hybridized carbons (Fsp3) is 0.250. The second kappa shape index (κ2) is 7.90. The molecule has 0 fully saturated rings. The van der Waals surface area contributed by atoms with Crippen LogP contribution in [0.15, 0.2) is 42.6 Å². The van der Waals surface area contributed by atoms with Gasteiger partial charge in [-0.3, -0.25) is 4.79 Å². The molecule has 1 amide bonds. The van der Waals surface area contributed by atoms with Crippen molar-refractivity contribution >= 4 is 24.0 Å². The molecule has 27 heavy (non-hydrogen) atoms. The summed E-state index contributed by atoms with van der Waals surface area (Å²) in [5.41, 5.74) is 2.19. The molecule has 0 unspecified atom stereocenters. The van der Waals surface area contributed by atoms with Gasteiger partial charge in [-0.1, -0.05) is 30.3 Å². The maximum absolute atomic E-state index is 13.1. The van der Waals surface area contributed by atoms with E-state index in [0.717, 1.165) is 5.56 Å². The van der Waals surface area contributed by atoms with Crippen molar-refractivity contribution in [2.24, 2.45) is 0 Å². The Bertz CT molecular complexity index is 899. The molecule has 1 aromatic heterocycles. The van der Waals surface area contributed by atoms with Crippen molar-refractivity contribution < 1.29 is 23.9 Å². The molecule has 0 atom stereocenters. The summed E-state index contributed by atoms with van der Waals surface area (Å²) in [5, 5.41) is 0. The molecule has 0 bridgehead atoms. The molecule has 3 rings (SSSR count). The van der Waals surface area contributed by atoms with E-state index in [1.54, 1.807) is 9.47 Å². The molecule has 0 saturated carbocycles. The number of hydrogen-bond acceptors (Lipinski definition) is 5. The van der Waals surface area contributed by atoms with Gasteiger partial charge in [0.05, 0.1) is 25.3 Å². The number of ether oxygens (including phenoxy) is 2. The Balaban J connectivity index is 1.96. The van der Waals surface area contributed by atoms with Gasteiger partial charge in [0.25, 0.3) is 5.91 Å². The summed E-state index contributed by atoms with van der Waals surface area (Å²) in [6.07, 6.45) is 4.79. The number of nitrogens with zero attached hydrogens (tertiary/aromatic N) is 2. The van der Waals surface area contributed by atoms with Crippen LogP contribution >= 0.6 is 0 Å². The maximum Gasteiger partial charge on any atom is 0.340 e. The predicted molar refractivity (Wildman–Crippen MR) is 98.0 cm³/mol. The Kier molecular flexibility index (Phi) is 5.40. The highest BCUT2D eigenvalue weighted by atomic mass is 16.5. The molecule has 0 radical (unpaired) electrons. The summed E-state index contributed by atoms with van der Waals surface area (Å²) in [5.74, 6) is -1.35. The number of methoxy groups -OCH3 is 2. The lowest BCUT2D eigenvalue weighted by molar-refractivity contribution is -0.134. The standard InChI is InChI=1S/C20H20N2O5/c1-26-17(23)9-11-21-13-15(20(25)27-2)18-16(21)8-10-22(19(18)24)12-14-6-4-3-5-7-14/h3-7,9,11,13H,8,10,12H2,1-2H3/b11-9+. The summed E-state index contributed by atoms with van der Waals surface area (Å²) in [4.78, 5) is 38.3. The number of carbonyl (C=O) groups is 3. The average Bonchev–Trinajstić information content (AvgIpc) is 3.07. The zero-order chi connectivity index (χ0) is 19.4. The SMILES string of the molecule is COC(=O)/C=C/n1cc(C(=O)OC)c2c1CCN(Cc1ccccc1)C2=O. The summed E-state index contributed by atoms with van der Waals surface area (Å²) < 4.78 is 11.0. The summed E-state index contributed by atoms with van der Waals surface area (Å²) in [6.45, 7) is 0.973. The van der Waals surface area contributed by atoms with Gasteiger partial charge in [0.1, 0.15) is 0 Å². The number of esters is 2. The first-order valence-electron chi connectivity index (χ1n) is 8.46. The molecule has 0 spiro atoms. The lowest BCUT2D eigenvalue weighted by Crippen LogP contribution is -2.38. The van der Waals surface area contributed by atoms with Crippen LogP contribution in [0.4, 0.5) is 0 Å². The van der Waals surface area contributed by atoms with Gasteiger partial charge in [-0.2, -0.15) is 0 Å². The Hall–Kier alpha value is -3.35. The van der Waals surface area contributed by atoms with Crippen molar-refractivity contribution in [1.29, 1.82) is 0 Å². The van der Waals surface area contributed by atoms with Crippen molar-refractivity contribution in [3.63, 3.8) is 0 Å². The number of carbonyl (C=O) groups excluding carboxylic acids is 3. The second-order valence-electron chi connectivity index (χ2n) is 6.06. The fourth-order valence-electron chi connectivity index (χ4n) is 3.12. The molecular formula is C20H20N2O5. The van der Waals surface area contributed by atoms with Crippen molar-refractivity contribution in [2.75, 3.05) is 20.8 Å². The number of amides is 1. The average molecular weight is 368 g/mol. The lowest BCUT2D eigenvalue weighted by Gasteiger charge is -2.28. The first-order valence-corrected chi connectivity index (χ1v) is 8.46. The Morgan fingerprint density at radius 1 is 1.15 bits per heavy atom. The van der Waals surface area contributed by atoms with E-state index in [0.29, 0.717) is 30.8 Å². The van der Waals surface area contributed by atoms with Crippen LogP contribution in [0.5, 0.6) is 0 Å². The Morgan fingerprint density at radius 3 is 2.56 bits per heavy atom. The number of benzene rings is 1. The topological polar surface area (TPSA) is 77.8 Å². The zero-order valence-corrected chi connectivity index (χ0v) is 15.2. The number of hydrogen-bond donors (Lipinski definition) is 0. The van der Waals surface area contributed by atoms with Gasteiger partial charge >= 0.3 is 11.9 Å². The van der Waals surface area contributed by atoms with E-state index in [4.69, 9.17) is 4.74 Å². The third kappa shape index (κ3) is 3.76. The van der Waals surface area contributed by atoms with Crippen LogP contribution in [-0.4, -0.2) is 48.1 Å². The van der Waals surface area contributed by atoms with E-state index in [-0.39, 0.29) is 11.5 Å². The molecule has 0 saturated heterocycles. The monoisotopic (exact) mass is 368 g/mol. The second-order valence-corrected chi connectivity index (χ2v) is 6.06. The molecule has 140 valence electrons. The first kappa shape index (κ1) is 18.4. The smallest absolute Gasteiger partial charge is 0.340 e. The molecule has 0 N–H and O–H groups in total. The van der Waals surface area contributed by atoms with E-state index >= 15 is 0 Å². The van der Waals surface area contributed by atoms with Crippen LogP contribution in [0, 0.1) is 0 Å². The third-order valence-corrected chi connectivity index (χ3v) is 4.45.